The minimum absolute atomic E-state index is 0.164. The van der Waals surface area contributed by atoms with Crippen molar-refractivity contribution in [3.05, 3.63) is 0 Å². The molecule has 3 atom stereocenters. The molecule has 3 nitrogen and oxygen atoms in total. The Morgan fingerprint density at radius 3 is 2.59 bits per heavy atom. The van der Waals surface area contributed by atoms with Crippen molar-refractivity contribution in [3.63, 3.8) is 0 Å². The third-order valence-corrected chi connectivity index (χ3v) is 4.88. The lowest BCUT2D eigenvalue weighted by Gasteiger charge is -2.38. The van der Waals surface area contributed by atoms with Gasteiger partial charge in [-0.15, -0.1) is 0 Å². The Kier molecular flexibility index (Phi) is 3.48. The molecule has 2 N–H and O–H groups in total. The molecule has 0 aromatic heterocycles. The number of hydrogen-bond donors (Lipinski definition) is 1. The minimum Gasteiger partial charge on any atom is -0.341 e. The zero-order valence-corrected chi connectivity index (χ0v) is 11.4. The highest BCUT2D eigenvalue weighted by Crippen LogP contribution is 2.43. The normalized spacial score (nSPS) is 37.2. The monoisotopic (exact) mass is 238 g/mol. The van der Waals surface area contributed by atoms with Crippen LogP contribution >= 0.6 is 0 Å². The number of amides is 1. The first-order valence-electron chi connectivity index (χ1n) is 6.96. The Bertz CT molecular complexity index is 301. The molecule has 3 heteroatoms. The fraction of sp³-hybridized carbons (Fsp3) is 0.929. The van der Waals surface area contributed by atoms with Gasteiger partial charge in [-0.25, -0.2) is 0 Å². The molecule has 3 unspecified atom stereocenters. The van der Waals surface area contributed by atoms with E-state index in [9.17, 15) is 4.79 Å². The number of carbonyl (C=O) groups excluding carboxylic acids is 1. The van der Waals surface area contributed by atoms with E-state index in [1.807, 2.05) is 4.90 Å². The second-order valence-corrected chi connectivity index (χ2v) is 6.65. The number of hydrogen-bond acceptors (Lipinski definition) is 2. The largest absolute Gasteiger partial charge is 0.341 e. The number of nitrogens with zero attached hydrogens (tertiary/aromatic N) is 1. The van der Waals surface area contributed by atoms with Gasteiger partial charge >= 0.3 is 0 Å². The Labute approximate surface area is 105 Å². The predicted molar refractivity (Wildman–Crippen MR) is 69.5 cm³/mol. The summed E-state index contributed by atoms with van der Waals surface area (Å²) < 4.78 is 0. The average molecular weight is 238 g/mol. The Balaban J connectivity index is 2.01. The topological polar surface area (TPSA) is 46.3 Å². The highest BCUT2D eigenvalue weighted by atomic mass is 16.2. The van der Waals surface area contributed by atoms with Gasteiger partial charge in [0.2, 0.25) is 5.91 Å². The standard InChI is InChI=1S/C14H26N2O/c1-10-6-8-16(9-12(10)15)13(17)11-5-4-7-14(11,2)3/h10-12H,4-9,15H2,1-3H3. The second kappa shape index (κ2) is 4.60. The molecule has 0 bridgehead atoms. The van der Waals surface area contributed by atoms with Crippen LogP contribution in [0.4, 0.5) is 0 Å². The van der Waals surface area contributed by atoms with Gasteiger partial charge in [0.15, 0.2) is 0 Å². The molecule has 0 spiro atoms. The fourth-order valence-electron chi connectivity index (χ4n) is 3.30. The lowest BCUT2D eigenvalue weighted by molar-refractivity contribution is -0.140. The molecule has 0 radical (unpaired) electrons. The first-order chi connectivity index (χ1) is 7.92. The summed E-state index contributed by atoms with van der Waals surface area (Å²) in [5.74, 6) is 1.13. The Hall–Kier alpha value is -0.570. The first-order valence-corrected chi connectivity index (χ1v) is 6.96. The summed E-state index contributed by atoms with van der Waals surface area (Å²) in [4.78, 5) is 14.6. The van der Waals surface area contributed by atoms with Crippen LogP contribution in [0.3, 0.4) is 0 Å². The van der Waals surface area contributed by atoms with Gasteiger partial charge in [0.05, 0.1) is 0 Å². The van der Waals surface area contributed by atoms with E-state index in [0.717, 1.165) is 25.9 Å². The van der Waals surface area contributed by atoms with Crippen LogP contribution in [0.25, 0.3) is 0 Å². The van der Waals surface area contributed by atoms with Gasteiger partial charge in [0, 0.05) is 25.0 Å². The van der Waals surface area contributed by atoms with Crippen molar-refractivity contribution in [3.8, 4) is 0 Å². The highest BCUT2D eigenvalue weighted by molar-refractivity contribution is 5.80. The summed E-state index contributed by atoms with van der Waals surface area (Å²) in [7, 11) is 0. The summed E-state index contributed by atoms with van der Waals surface area (Å²) in [6, 6.07) is 0.164. The van der Waals surface area contributed by atoms with Crippen molar-refractivity contribution in [1.29, 1.82) is 0 Å². The summed E-state index contributed by atoms with van der Waals surface area (Å²) in [6.07, 6.45) is 4.49. The van der Waals surface area contributed by atoms with E-state index < -0.39 is 0 Å². The van der Waals surface area contributed by atoms with E-state index in [1.54, 1.807) is 0 Å². The predicted octanol–water partition coefficient (Wildman–Crippen LogP) is 2.01. The lowest BCUT2D eigenvalue weighted by atomic mass is 9.80. The van der Waals surface area contributed by atoms with E-state index in [0.29, 0.717) is 11.8 Å². The van der Waals surface area contributed by atoms with Crippen molar-refractivity contribution >= 4 is 5.91 Å². The third-order valence-electron chi connectivity index (χ3n) is 4.88. The smallest absolute Gasteiger partial charge is 0.226 e. The SMILES string of the molecule is CC1CCN(C(=O)C2CCCC2(C)C)CC1N. The van der Waals surface area contributed by atoms with Crippen molar-refractivity contribution in [1.82, 2.24) is 4.90 Å². The molecule has 1 heterocycles. The molecule has 2 fully saturated rings. The molecule has 1 saturated heterocycles. The van der Waals surface area contributed by atoms with Crippen LogP contribution in [0.15, 0.2) is 0 Å². The molecule has 2 rings (SSSR count). The molecule has 1 aliphatic heterocycles. The van der Waals surface area contributed by atoms with E-state index in [2.05, 4.69) is 20.8 Å². The van der Waals surface area contributed by atoms with Gasteiger partial charge in [-0.3, -0.25) is 4.79 Å². The molecular weight excluding hydrogens is 212 g/mol. The highest BCUT2D eigenvalue weighted by Gasteiger charge is 2.42. The third kappa shape index (κ3) is 2.49. The number of nitrogens with two attached hydrogens (primary N) is 1. The van der Waals surface area contributed by atoms with E-state index in [1.165, 1.54) is 12.8 Å². The fourth-order valence-corrected chi connectivity index (χ4v) is 3.30. The molecule has 1 saturated carbocycles. The van der Waals surface area contributed by atoms with E-state index in [4.69, 9.17) is 5.73 Å². The van der Waals surface area contributed by atoms with Crippen LogP contribution in [0.5, 0.6) is 0 Å². The summed E-state index contributed by atoms with van der Waals surface area (Å²) in [5, 5.41) is 0. The lowest BCUT2D eigenvalue weighted by Crippen LogP contribution is -2.52. The minimum atomic E-state index is 0.164. The number of carbonyl (C=O) groups is 1. The van der Waals surface area contributed by atoms with E-state index >= 15 is 0 Å². The maximum Gasteiger partial charge on any atom is 0.226 e. The Morgan fingerprint density at radius 1 is 1.35 bits per heavy atom. The first kappa shape index (κ1) is 12.9. The average Bonchev–Trinajstić information content (AvgIpc) is 2.61. The molecule has 17 heavy (non-hydrogen) atoms. The number of likely N-dealkylation sites (tertiary alicyclic amines) is 1. The molecule has 1 amide bonds. The van der Waals surface area contributed by atoms with Crippen molar-refractivity contribution in [2.24, 2.45) is 23.0 Å². The van der Waals surface area contributed by atoms with Crippen LogP contribution in [0, 0.1) is 17.3 Å². The number of rotatable bonds is 1. The van der Waals surface area contributed by atoms with Gasteiger partial charge in [-0.1, -0.05) is 27.2 Å². The quantitative estimate of drug-likeness (QED) is 0.759. The maximum atomic E-state index is 12.5. The van der Waals surface area contributed by atoms with Crippen LogP contribution in [-0.2, 0) is 4.79 Å². The summed E-state index contributed by atoms with van der Waals surface area (Å²) in [5.41, 5.74) is 6.26. The van der Waals surface area contributed by atoms with Crippen LogP contribution in [0.1, 0.15) is 46.5 Å². The molecule has 2 aliphatic rings. The van der Waals surface area contributed by atoms with Crippen LogP contribution in [0.2, 0.25) is 0 Å². The van der Waals surface area contributed by atoms with Gasteiger partial charge in [-0.05, 0) is 30.6 Å². The number of piperidine rings is 1. The van der Waals surface area contributed by atoms with Gasteiger partial charge in [0.1, 0.15) is 0 Å². The maximum absolute atomic E-state index is 12.5. The van der Waals surface area contributed by atoms with Crippen molar-refractivity contribution in [2.45, 2.75) is 52.5 Å². The molecule has 1 aliphatic carbocycles. The van der Waals surface area contributed by atoms with E-state index in [-0.39, 0.29) is 17.4 Å². The molecule has 0 aromatic carbocycles. The van der Waals surface area contributed by atoms with Crippen LogP contribution in [-0.4, -0.2) is 29.9 Å². The summed E-state index contributed by atoms with van der Waals surface area (Å²) >= 11 is 0. The van der Waals surface area contributed by atoms with Gasteiger partial charge in [0.25, 0.3) is 0 Å². The Morgan fingerprint density at radius 2 is 2.06 bits per heavy atom. The van der Waals surface area contributed by atoms with Crippen LogP contribution < -0.4 is 5.73 Å². The van der Waals surface area contributed by atoms with Gasteiger partial charge < -0.3 is 10.6 Å². The molecule has 98 valence electrons. The zero-order valence-electron chi connectivity index (χ0n) is 11.4. The second-order valence-electron chi connectivity index (χ2n) is 6.65. The summed E-state index contributed by atoms with van der Waals surface area (Å²) in [6.45, 7) is 8.31. The molecular formula is C14H26N2O. The molecule has 0 aromatic rings. The van der Waals surface area contributed by atoms with Crippen molar-refractivity contribution < 1.29 is 4.79 Å². The van der Waals surface area contributed by atoms with Crippen molar-refractivity contribution in [2.75, 3.05) is 13.1 Å². The zero-order chi connectivity index (χ0) is 12.6. The van der Waals surface area contributed by atoms with Gasteiger partial charge in [-0.2, -0.15) is 0 Å².